The molecule has 8 heterocycles. The van der Waals surface area contributed by atoms with Crippen molar-refractivity contribution in [2.45, 2.75) is 33.6 Å². The fraction of sp³-hybridized carbons (Fsp3) is 0.135. The van der Waals surface area contributed by atoms with Crippen LogP contribution in [0.2, 0.25) is 0 Å². The first kappa shape index (κ1) is 24.7. The quantitative estimate of drug-likeness (QED) is 0.204. The average Bonchev–Trinajstić information content (AvgIpc) is 3.83. The summed E-state index contributed by atoms with van der Waals surface area (Å²) in [6.45, 7) is 8.00. The first-order valence-corrected chi connectivity index (χ1v) is 15.8. The van der Waals surface area contributed by atoms with Crippen LogP contribution >= 0.6 is 0 Å². The summed E-state index contributed by atoms with van der Waals surface area (Å²) in [5.41, 5.74) is 6.13. The zero-order chi connectivity index (χ0) is 30.2. The molecule has 0 saturated carbocycles. The molecule has 0 bridgehead atoms. The van der Waals surface area contributed by atoms with Gasteiger partial charge < -0.3 is 0 Å². The van der Waals surface area contributed by atoms with Gasteiger partial charge in [0.1, 0.15) is 0 Å². The number of amidine groups is 4. The van der Waals surface area contributed by atoms with E-state index >= 15 is 0 Å². The van der Waals surface area contributed by atoms with E-state index < -0.39 is 5.91 Å². The first-order chi connectivity index (χ1) is 22.4. The summed E-state index contributed by atoms with van der Waals surface area (Å²) in [7, 11) is 0. The highest BCUT2D eigenvalue weighted by Crippen LogP contribution is 2.52. The standard InChI is InChI=1S/C33H16N8.2C2H6/c1-2-10-18-17(9-1)25-34-27-19-11-3-4-12-20(19)29-36-31-23-15-7-8-16-24(23)32-37-30-22-14-6-5-13-21(22)28-35-26(18)38(25)33(39(27)29,40(28)30)41(31)32;2*1-2/h1-16H;2*1-2H3/q+2;;. The van der Waals surface area contributed by atoms with E-state index in [1.54, 1.807) is 0 Å². The number of aromatic nitrogens is 2. The Bertz CT molecular complexity index is 2470. The lowest BCUT2D eigenvalue weighted by Gasteiger charge is -2.40. The van der Waals surface area contributed by atoms with Crippen LogP contribution in [-0.4, -0.2) is 41.6 Å². The maximum Gasteiger partial charge on any atom is 0.404 e. The molecule has 0 saturated heterocycles. The molecule has 0 atom stereocenters. The third-order valence-corrected chi connectivity index (χ3v) is 9.38. The second-order valence-corrected chi connectivity index (χ2v) is 11.2. The van der Waals surface area contributed by atoms with Crippen molar-refractivity contribution < 1.29 is 9.15 Å². The van der Waals surface area contributed by atoms with E-state index in [0.29, 0.717) is 0 Å². The van der Waals surface area contributed by atoms with Crippen LogP contribution in [-0.2, 0) is 5.91 Å². The van der Waals surface area contributed by atoms with Crippen LogP contribution in [0.4, 0.5) is 11.6 Å². The first-order valence-electron chi connectivity index (χ1n) is 15.8. The molecule has 4 aromatic carbocycles. The van der Waals surface area contributed by atoms with Crippen LogP contribution in [0.25, 0.3) is 21.5 Å². The molecule has 1 spiro atoms. The Morgan fingerprint density at radius 2 is 0.822 bits per heavy atom. The van der Waals surface area contributed by atoms with Crippen molar-refractivity contribution >= 4 is 56.5 Å². The second-order valence-electron chi connectivity index (χ2n) is 11.2. The Morgan fingerprint density at radius 3 is 1.27 bits per heavy atom. The van der Waals surface area contributed by atoms with Gasteiger partial charge in [0.2, 0.25) is 22.6 Å². The van der Waals surface area contributed by atoms with Crippen molar-refractivity contribution in [3.05, 3.63) is 130 Å². The maximum atomic E-state index is 5.42. The molecule has 8 nitrogen and oxygen atoms in total. The molecule has 6 aliphatic rings. The van der Waals surface area contributed by atoms with Crippen molar-refractivity contribution in [3.63, 3.8) is 0 Å². The van der Waals surface area contributed by atoms with Crippen LogP contribution in [0.3, 0.4) is 0 Å². The van der Waals surface area contributed by atoms with Gasteiger partial charge in [0.25, 0.3) is 23.3 Å². The monoisotopic (exact) mass is 584 g/mol. The van der Waals surface area contributed by atoms with Gasteiger partial charge in [0.05, 0.1) is 22.3 Å². The number of nitrogens with zero attached hydrogens (tertiary/aromatic N) is 8. The SMILES string of the molecule is CC.CC.c1ccc2c(c1)C1=Nc3c4ccccc4c4n3C35n6c(c7ccccc7c6=NC6=[N+]3C(=N4)c3ccccc36)=NC2=[N+]15. The Balaban J connectivity index is 0.000000640. The molecule has 0 radical (unpaired) electrons. The third kappa shape index (κ3) is 2.48. The minimum absolute atomic E-state index is 0.898. The fourth-order valence-corrected chi connectivity index (χ4v) is 7.88. The summed E-state index contributed by atoms with van der Waals surface area (Å²) in [6.07, 6.45) is 0. The molecule has 6 aromatic rings. The molecule has 8 heteroatoms. The summed E-state index contributed by atoms with van der Waals surface area (Å²) in [5.74, 6) is 4.46. The van der Waals surface area contributed by atoms with E-state index in [4.69, 9.17) is 20.0 Å². The molecule has 45 heavy (non-hydrogen) atoms. The molecular weight excluding hydrogens is 556 g/mol. The zero-order valence-electron chi connectivity index (χ0n) is 25.3. The summed E-state index contributed by atoms with van der Waals surface area (Å²) >= 11 is 0. The number of hydrogen-bond acceptors (Lipinski definition) is 4. The average molecular weight is 585 g/mol. The van der Waals surface area contributed by atoms with E-state index in [2.05, 4.69) is 115 Å². The predicted molar refractivity (Wildman–Crippen MR) is 176 cm³/mol. The highest BCUT2D eigenvalue weighted by molar-refractivity contribution is 6.20. The molecule has 12 rings (SSSR count). The Kier molecular flexibility index (Phi) is 4.51. The normalized spacial score (nSPS) is 17.1. The third-order valence-electron chi connectivity index (χ3n) is 9.38. The van der Waals surface area contributed by atoms with Gasteiger partial charge in [-0.2, -0.15) is 9.13 Å². The highest BCUT2D eigenvalue weighted by Gasteiger charge is 2.69. The minimum atomic E-state index is -0.923. The molecule has 0 amide bonds. The van der Waals surface area contributed by atoms with E-state index in [-0.39, 0.29) is 0 Å². The van der Waals surface area contributed by atoms with E-state index in [0.717, 1.165) is 89.8 Å². The highest BCUT2D eigenvalue weighted by atomic mass is 15.7. The predicted octanol–water partition coefficient (Wildman–Crippen LogP) is 5.76. The minimum Gasteiger partial charge on any atom is -0.192 e. The van der Waals surface area contributed by atoms with Gasteiger partial charge in [-0.3, -0.25) is 0 Å². The van der Waals surface area contributed by atoms with Crippen molar-refractivity contribution in [1.29, 1.82) is 0 Å². The van der Waals surface area contributed by atoms with Crippen LogP contribution in [0.15, 0.2) is 117 Å². The number of rotatable bonds is 0. The van der Waals surface area contributed by atoms with Crippen molar-refractivity contribution in [2.75, 3.05) is 0 Å². The van der Waals surface area contributed by atoms with Gasteiger partial charge in [-0.05, 0) is 48.5 Å². The Hall–Kier alpha value is -5.76. The Morgan fingerprint density at radius 1 is 0.444 bits per heavy atom. The topological polar surface area (TPSA) is 65.3 Å². The van der Waals surface area contributed by atoms with Gasteiger partial charge in [-0.15, -0.1) is 9.15 Å². The van der Waals surface area contributed by atoms with Crippen molar-refractivity contribution in [2.24, 2.45) is 20.0 Å². The molecule has 0 fully saturated rings. The molecule has 214 valence electrons. The number of fused-ring (bicyclic) bond motifs is 12. The van der Waals surface area contributed by atoms with Crippen LogP contribution < -0.4 is 11.0 Å². The Labute approximate surface area is 258 Å². The molecule has 6 aliphatic heterocycles. The van der Waals surface area contributed by atoms with Gasteiger partial charge in [-0.1, -0.05) is 96.2 Å². The number of hydrogen-bond donors (Lipinski definition) is 0. The summed E-state index contributed by atoms with van der Waals surface area (Å²) in [4.78, 5) is 21.7. The van der Waals surface area contributed by atoms with Crippen LogP contribution in [0.1, 0.15) is 49.9 Å². The number of benzene rings is 4. The van der Waals surface area contributed by atoms with Crippen LogP contribution in [0.5, 0.6) is 0 Å². The fourth-order valence-electron chi connectivity index (χ4n) is 7.88. The molecule has 0 unspecified atom stereocenters. The van der Waals surface area contributed by atoms with Gasteiger partial charge >= 0.3 is 5.91 Å². The summed E-state index contributed by atoms with van der Waals surface area (Å²) < 4.78 is 9.32. The van der Waals surface area contributed by atoms with E-state index in [9.17, 15) is 0 Å². The molecular formula is C37H28N8+2. The number of aliphatic imine (C=N–C) groups is 2. The smallest absolute Gasteiger partial charge is 0.192 e. The van der Waals surface area contributed by atoms with Gasteiger partial charge in [0, 0.05) is 21.5 Å². The summed E-state index contributed by atoms with van der Waals surface area (Å²) in [6, 6.07) is 34.0. The van der Waals surface area contributed by atoms with Crippen molar-refractivity contribution in [1.82, 2.24) is 9.13 Å². The largest absolute Gasteiger partial charge is 0.404 e. The zero-order valence-corrected chi connectivity index (χ0v) is 25.3. The molecule has 0 aliphatic carbocycles. The lowest BCUT2D eigenvalue weighted by molar-refractivity contribution is -0.790. The van der Waals surface area contributed by atoms with E-state index in [1.807, 2.05) is 27.7 Å². The lowest BCUT2D eigenvalue weighted by atomic mass is 10.1. The molecule has 2 aromatic heterocycles. The lowest BCUT2D eigenvalue weighted by Crippen LogP contribution is -2.71. The van der Waals surface area contributed by atoms with E-state index in [1.165, 1.54) is 0 Å². The van der Waals surface area contributed by atoms with Crippen molar-refractivity contribution in [3.8, 4) is 0 Å². The van der Waals surface area contributed by atoms with Crippen LogP contribution in [0, 0.1) is 0 Å². The van der Waals surface area contributed by atoms with Gasteiger partial charge in [-0.25, -0.2) is 0 Å². The second kappa shape index (κ2) is 8.24. The van der Waals surface area contributed by atoms with Gasteiger partial charge in [0.15, 0.2) is 0 Å². The molecule has 0 N–H and O–H groups in total. The summed E-state index contributed by atoms with van der Waals surface area (Å²) in [5, 5.41) is 4.33. The maximum absolute atomic E-state index is 5.42.